The van der Waals surface area contributed by atoms with Gasteiger partial charge in [0.15, 0.2) is 5.69 Å². The molecule has 1 aromatic heterocycles. The lowest BCUT2D eigenvalue weighted by atomic mass is 10.1. The first-order chi connectivity index (χ1) is 9.28. The third kappa shape index (κ3) is 2.80. The van der Waals surface area contributed by atoms with Crippen LogP contribution >= 0.6 is 0 Å². The van der Waals surface area contributed by atoms with E-state index in [0.717, 1.165) is 17.0 Å². The van der Waals surface area contributed by atoms with Crippen LogP contribution in [0.3, 0.4) is 0 Å². The molecule has 0 fully saturated rings. The van der Waals surface area contributed by atoms with Crippen LogP contribution in [0.15, 0.2) is 36.9 Å². The van der Waals surface area contributed by atoms with Crippen LogP contribution in [0.5, 0.6) is 5.75 Å². The van der Waals surface area contributed by atoms with E-state index >= 15 is 0 Å². The Balaban J connectivity index is 2.28. The smallest absolute Gasteiger partial charge is 0.186 e. The Kier molecular flexibility index (Phi) is 3.94. The summed E-state index contributed by atoms with van der Waals surface area (Å²) in [4.78, 5) is 0. The highest BCUT2D eigenvalue weighted by molar-refractivity contribution is 5.33. The minimum atomic E-state index is 0.359. The fourth-order valence-corrected chi connectivity index (χ4v) is 1.80. The molecule has 0 bridgehead atoms. The van der Waals surface area contributed by atoms with Crippen molar-refractivity contribution in [2.24, 2.45) is 0 Å². The number of methoxy groups -OCH3 is 1. The highest BCUT2D eigenvalue weighted by Crippen LogP contribution is 2.16. The zero-order chi connectivity index (χ0) is 13.7. The second kappa shape index (κ2) is 5.83. The van der Waals surface area contributed by atoms with Gasteiger partial charge >= 0.3 is 0 Å². The van der Waals surface area contributed by atoms with E-state index in [1.54, 1.807) is 17.9 Å². The number of nitriles is 1. The molecule has 19 heavy (non-hydrogen) atoms. The van der Waals surface area contributed by atoms with Gasteiger partial charge in [-0.2, -0.15) is 5.26 Å². The summed E-state index contributed by atoms with van der Waals surface area (Å²) in [6.45, 7) is 4.22. The topological polar surface area (TPSA) is 63.7 Å². The van der Waals surface area contributed by atoms with Crippen LogP contribution in [-0.2, 0) is 13.0 Å². The largest absolute Gasteiger partial charge is 0.497 e. The molecular weight excluding hydrogens is 240 g/mol. The fraction of sp³-hybridized carbons (Fsp3) is 0.214. The van der Waals surface area contributed by atoms with E-state index in [-0.39, 0.29) is 0 Å². The van der Waals surface area contributed by atoms with Crippen molar-refractivity contribution in [2.45, 2.75) is 13.0 Å². The van der Waals surface area contributed by atoms with Gasteiger partial charge < -0.3 is 4.74 Å². The Morgan fingerprint density at radius 2 is 2.16 bits per heavy atom. The first kappa shape index (κ1) is 12.8. The molecule has 0 radical (unpaired) electrons. The fourth-order valence-electron chi connectivity index (χ4n) is 1.80. The number of rotatable bonds is 5. The molecular formula is C14H14N4O. The van der Waals surface area contributed by atoms with Crippen LogP contribution < -0.4 is 4.74 Å². The van der Waals surface area contributed by atoms with Gasteiger partial charge in [0.1, 0.15) is 11.8 Å². The van der Waals surface area contributed by atoms with Crippen molar-refractivity contribution in [3.8, 4) is 11.8 Å². The number of aromatic nitrogens is 3. The summed E-state index contributed by atoms with van der Waals surface area (Å²) in [5.74, 6) is 0.807. The maximum absolute atomic E-state index is 9.05. The number of hydrogen-bond donors (Lipinski definition) is 0. The lowest BCUT2D eigenvalue weighted by Crippen LogP contribution is -2.05. The predicted molar refractivity (Wildman–Crippen MR) is 70.7 cm³/mol. The van der Waals surface area contributed by atoms with Crippen LogP contribution in [0.2, 0.25) is 0 Å². The van der Waals surface area contributed by atoms with Gasteiger partial charge in [-0.05, 0) is 17.7 Å². The zero-order valence-electron chi connectivity index (χ0n) is 10.7. The van der Waals surface area contributed by atoms with Gasteiger partial charge in [-0.15, -0.1) is 11.7 Å². The van der Waals surface area contributed by atoms with Crippen molar-refractivity contribution in [3.05, 3.63) is 53.9 Å². The van der Waals surface area contributed by atoms with Crippen LogP contribution in [-0.4, -0.2) is 22.1 Å². The standard InChI is InChI=1S/C14H14N4O/c1-3-8-18-14(13(10-15)16-17-18)9-11-4-6-12(19-2)7-5-11/h3-7H,1,8-9H2,2H3. The van der Waals surface area contributed by atoms with E-state index in [4.69, 9.17) is 10.00 Å². The Bertz CT molecular complexity index is 607. The molecule has 0 aliphatic carbocycles. The molecule has 0 N–H and O–H groups in total. The summed E-state index contributed by atoms with van der Waals surface area (Å²) in [6, 6.07) is 9.77. The average molecular weight is 254 g/mol. The molecule has 0 aliphatic heterocycles. The molecule has 0 saturated heterocycles. The summed E-state index contributed by atoms with van der Waals surface area (Å²) in [5, 5.41) is 16.9. The number of hydrogen-bond acceptors (Lipinski definition) is 4. The number of nitrogens with zero attached hydrogens (tertiary/aromatic N) is 4. The molecule has 0 unspecified atom stereocenters. The summed E-state index contributed by atoms with van der Waals surface area (Å²) in [7, 11) is 1.63. The molecule has 1 heterocycles. The highest BCUT2D eigenvalue weighted by Gasteiger charge is 2.12. The van der Waals surface area contributed by atoms with Crippen LogP contribution in [0.4, 0.5) is 0 Å². The van der Waals surface area contributed by atoms with E-state index in [0.29, 0.717) is 18.7 Å². The highest BCUT2D eigenvalue weighted by atomic mass is 16.5. The Morgan fingerprint density at radius 3 is 2.74 bits per heavy atom. The van der Waals surface area contributed by atoms with Crippen LogP contribution in [0.25, 0.3) is 0 Å². The molecule has 0 spiro atoms. The Hall–Kier alpha value is -2.61. The zero-order valence-corrected chi connectivity index (χ0v) is 10.7. The average Bonchev–Trinajstić information content (AvgIpc) is 2.82. The maximum atomic E-state index is 9.05. The van der Waals surface area contributed by atoms with E-state index in [1.165, 1.54) is 0 Å². The Morgan fingerprint density at radius 1 is 1.42 bits per heavy atom. The molecule has 1 aromatic carbocycles. The summed E-state index contributed by atoms with van der Waals surface area (Å²) < 4.78 is 6.81. The van der Waals surface area contributed by atoms with Gasteiger partial charge in [0, 0.05) is 6.42 Å². The van der Waals surface area contributed by atoms with Crippen molar-refractivity contribution >= 4 is 0 Å². The second-order valence-electron chi connectivity index (χ2n) is 3.99. The maximum Gasteiger partial charge on any atom is 0.186 e. The van der Waals surface area contributed by atoms with E-state index in [9.17, 15) is 0 Å². The second-order valence-corrected chi connectivity index (χ2v) is 3.99. The third-order valence-electron chi connectivity index (χ3n) is 2.78. The minimum absolute atomic E-state index is 0.359. The third-order valence-corrected chi connectivity index (χ3v) is 2.78. The Labute approximate surface area is 111 Å². The van der Waals surface area contributed by atoms with Gasteiger partial charge in [-0.25, -0.2) is 4.68 Å². The first-order valence-electron chi connectivity index (χ1n) is 5.84. The van der Waals surface area contributed by atoms with Gasteiger partial charge in [-0.1, -0.05) is 23.4 Å². The number of benzene rings is 1. The summed E-state index contributed by atoms with van der Waals surface area (Å²) in [5.41, 5.74) is 2.23. The van der Waals surface area contributed by atoms with Crippen molar-refractivity contribution in [1.82, 2.24) is 15.0 Å². The van der Waals surface area contributed by atoms with Crippen molar-refractivity contribution < 1.29 is 4.74 Å². The monoisotopic (exact) mass is 254 g/mol. The van der Waals surface area contributed by atoms with Crippen LogP contribution in [0.1, 0.15) is 17.0 Å². The van der Waals surface area contributed by atoms with Crippen molar-refractivity contribution in [2.75, 3.05) is 7.11 Å². The SMILES string of the molecule is C=CCn1nnc(C#N)c1Cc1ccc(OC)cc1. The molecule has 0 amide bonds. The predicted octanol–water partition coefficient (Wildman–Crippen LogP) is 1.94. The molecule has 2 aromatic rings. The molecule has 96 valence electrons. The molecule has 0 aliphatic rings. The first-order valence-corrected chi connectivity index (χ1v) is 5.84. The summed E-state index contributed by atoms with van der Waals surface area (Å²) in [6.07, 6.45) is 2.33. The normalized spacial score (nSPS) is 9.89. The van der Waals surface area contributed by atoms with Crippen molar-refractivity contribution in [1.29, 1.82) is 5.26 Å². The molecule has 0 saturated carbocycles. The molecule has 5 heteroatoms. The number of allylic oxidation sites excluding steroid dienone is 1. The van der Waals surface area contributed by atoms with E-state index in [2.05, 4.69) is 23.0 Å². The van der Waals surface area contributed by atoms with E-state index < -0.39 is 0 Å². The lowest BCUT2D eigenvalue weighted by molar-refractivity contribution is 0.414. The van der Waals surface area contributed by atoms with Gasteiger partial charge in [0.2, 0.25) is 0 Å². The van der Waals surface area contributed by atoms with Gasteiger partial charge in [-0.3, -0.25) is 0 Å². The lowest BCUT2D eigenvalue weighted by Gasteiger charge is -2.05. The summed E-state index contributed by atoms with van der Waals surface area (Å²) >= 11 is 0. The van der Waals surface area contributed by atoms with Gasteiger partial charge in [0.05, 0.1) is 19.3 Å². The molecule has 0 atom stereocenters. The van der Waals surface area contributed by atoms with Gasteiger partial charge in [0.25, 0.3) is 0 Å². The quantitative estimate of drug-likeness (QED) is 0.765. The minimum Gasteiger partial charge on any atom is -0.497 e. The molecule has 5 nitrogen and oxygen atoms in total. The van der Waals surface area contributed by atoms with E-state index in [1.807, 2.05) is 24.3 Å². The van der Waals surface area contributed by atoms with Crippen LogP contribution in [0, 0.1) is 11.3 Å². The molecule has 2 rings (SSSR count). The van der Waals surface area contributed by atoms with Crippen molar-refractivity contribution in [3.63, 3.8) is 0 Å². The number of ether oxygens (including phenoxy) is 1.